The number of aliphatic hydroxyl groups is 1. The number of aromatic nitrogens is 22. The van der Waals surface area contributed by atoms with Crippen molar-refractivity contribution in [3.8, 4) is 22.8 Å². The highest BCUT2D eigenvalue weighted by atomic mass is 35.5. The van der Waals surface area contributed by atoms with Crippen molar-refractivity contribution < 1.29 is 15.0 Å². The number of hydrogen-bond acceptors (Lipinski definition) is 23. The van der Waals surface area contributed by atoms with E-state index in [4.69, 9.17) is 20.8 Å². The number of fused-ring (bicyclic) bond motifs is 7. The van der Waals surface area contributed by atoms with Crippen LogP contribution in [0.5, 0.6) is 0 Å². The number of nitrogens with zero attached hydrogens (tertiary/aromatic N) is 23. The Kier molecular flexibility index (Phi) is 25.6. The number of nitro groups is 2. The van der Waals surface area contributed by atoms with Gasteiger partial charge in [0, 0.05) is 147 Å². The molecule has 11 aromatic heterocycles. The molecule has 0 radical (unpaired) electrons. The number of aryl methyl sites for hydroxylation is 7. The molecule has 3 aliphatic carbocycles. The van der Waals surface area contributed by atoms with Crippen LogP contribution >= 0.6 is 12.4 Å². The number of non-ortho nitro benzene ring substituents is 2. The molecule has 33 heteroatoms. The molecule has 3 unspecified atom stereocenters. The van der Waals surface area contributed by atoms with E-state index in [1.165, 1.54) is 58.7 Å². The van der Waals surface area contributed by atoms with Crippen molar-refractivity contribution in [1.82, 2.24) is 107 Å². The van der Waals surface area contributed by atoms with E-state index in [0.717, 1.165) is 156 Å². The summed E-state index contributed by atoms with van der Waals surface area (Å²) in [7, 11) is 0. The third-order valence-corrected chi connectivity index (χ3v) is 18.6. The lowest BCUT2D eigenvalue weighted by atomic mass is 9.95. The highest BCUT2D eigenvalue weighted by Crippen LogP contribution is 2.33. The lowest BCUT2D eigenvalue weighted by Crippen LogP contribution is -2.29. The van der Waals surface area contributed by atoms with Gasteiger partial charge in [-0.05, 0) is 148 Å². The average Bonchev–Trinajstić information content (AvgIpc) is 1.61. The minimum absolute atomic E-state index is 0. The van der Waals surface area contributed by atoms with Crippen molar-refractivity contribution in [2.24, 2.45) is 5.73 Å². The highest BCUT2D eigenvalue weighted by molar-refractivity contribution is 5.88. The highest BCUT2D eigenvalue weighted by Gasteiger charge is 2.29. The van der Waals surface area contributed by atoms with Gasteiger partial charge in [0.1, 0.15) is 36.0 Å². The minimum atomic E-state index is -0.430. The van der Waals surface area contributed by atoms with E-state index in [0.29, 0.717) is 29.7 Å². The molecule has 564 valence electrons. The zero-order valence-corrected chi connectivity index (χ0v) is 63.9. The van der Waals surface area contributed by atoms with Gasteiger partial charge in [-0.15, -0.1) is 12.4 Å². The van der Waals surface area contributed by atoms with Crippen molar-refractivity contribution in [2.45, 2.75) is 216 Å². The maximum absolute atomic E-state index is 10.6. The first-order valence-corrected chi connectivity index (χ1v) is 36.2. The Labute approximate surface area is 625 Å². The molecular formula is C74H96ClN27O5. The Balaban J connectivity index is 0.000000149. The van der Waals surface area contributed by atoms with Gasteiger partial charge < -0.3 is 53.9 Å². The smallest absolute Gasteiger partial charge is 0.271 e. The van der Waals surface area contributed by atoms with E-state index >= 15 is 0 Å². The van der Waals surface area contributed by atoms with Crippen LogP contribution in [0.4, 0.5) is 23.0 Å². The topological polar surface area (TPSA) is 395 Å². The molecule has 3 atom stereocenters. The second-order valence-corrected chi connectivity index (χ2v) is 27.9. The van der Waals surface area contributed by atoms with Gasteiger partial charge in [0.05, 0.1) is 91.8 Å². The molecule has 13 aromatic rings. The fraction of sp³-hybridized carbons (Fsp3) is 0.446. The number of aliphatic hydroxyl groups excluding tert-OH is 1. The van der Waals surface area contributed by atoms with Gasteiger partial charge in [-0.3, -0.25) is 20.2 Å². The molecular weight excluding hydrogens is 1380 g/mol. The summed E-state index contributed by atoms with van der Waals surface area (Å²) in [5.41, 5.74) is 21.8. The number of H-pyrrole nitrogens is 1. The molecule has 2 aromatic carbocycles. The van der Waals surface area contributed by atoms with Gasteiger partial charge in [-0.1, -0.05) is 0 Å². The number of anilines is 2. The minimum Gasteiger partial charge on any atom is -0.394 e. The van der Waals surface area contributed by atoms with Gasteiger partial charge in [0.25, 0.3) is 11.4 Å². The number of imidazole rings is 7. The quantitative estimate of drug-likeness (QED) is 0.0498. The van der Waals surface area contributed by atoms with Crippen LogP contribution in [0.15, 0.2) is 105 Å². The zero-order chi connectivity index (χ0) is 75.6. The Hall–Kier alpha value is -11.1. The molecule has 32 nitrogen and oxygen atoms in total. The third kappa shape index (κ3) is 18.2. The van der Waals surface area contributed by atoms with Crippen molar-refractivity contribution in [1.29, 1.82) is 0 Å². The van der Waals surface area contributed by atoms with E-state index in [2.05, 4.69) is 159 Å². The summed E-state index contributed by atoms with van der Waals surface area (Å²) in [5.74, 6) is 4.64. The van der Waals surface area contributed by atoms with Gasteiger partial charge in [-0.25, -0.2) is 74.8 Å². The van der Waals surface area contributed by atoms with E-state index < -0.39 is 9.85 Å². The number of halogens is 1. The predicted molar refractivity (Wildman–Crippen MR) is 414 cm³/mol. The van der Waals surface area contributed by atoms with Gasteiger partial charge in [-0.2, -0.15) is 0 Å². The number of nitrogens with one attached hydrogen (secondary N) is 3. The Bertz CT molecular complexity index is 4950. The van der Waals surface area contributed by atoms with Crippen LogP contribution in [0.3, 0.4) is 0 Å². The van der Waals surface area contributed by atoms with Crippen LogP contribution in [0.1, 0.15) is 172 Å². The summed E-state index contributed by atoms with van der Waals surface area (Å²) in [5, 5.41) is 36.3. The first-order valence-electron chi connectivity index (χ1n) is 36.2. The molecule has 0 fully saturated rings. The number of hydrogen-bond donors (Lipinski definition) is 5. The van der Waals surface area contributed by atoms with Gasteiger partial charge in [0.15, 0.2) is 34.0 Å². The monoisotopic (exact) mass is 1480 g/mol. The number of rotatable bonds is 14. The second-order valence-electron chi connectivity index (χ2n) is 27.9. The van der Waals surface area contributed by atoms with Crippen LogP contribution in [0.25, 0.3) is 67.2 Å². The SMILES string of the molecule is CC(C)O.CC(C)n1cnc2c1CC(N)CC2.CC(C)n1cnc2ccc([N+](=O)[O-])cc21.CCn1c(-c2cnc(C)nc2)nc2c(NC3CCc4ncn(C(C)C)c4C3)ncnc21.CCn1c(-c2cnc(C)nc2)nc2c(NC3CCc4ncn(C(C)C)c4C3)ncnc21.Cl.O=[N+]([O-])c1ccc2nc[nH]c2c1. The summed E-state index contributed by atoms with van der Waals surface area (Å²) in [4.78, 5) is 90.0. The van der Waals surface area contributed by atoms with Crippen molar-refractivity contribution in [3.05, 3.63) is 172 Å². The molecule has 0 spiro atoms. The molecule has 0 saturated heterocycles. The molecule has 3 aliphatic rings. The molecule has 107 heavy (non-hydrogen) atoms. The Morgan fingerprint density at radius 3 is 1.36 bits per heavy atom. The van der Waals surface area contributed by atoms with E-state index in [-0.39, 0.29) is 48.0 Å². The molecule has 11 heterocycles. The summed E-state index contributed by atoms with van der Waals surface area (Å²) < 4.78 is 12.9. The Morgan fingerprint density at radius 1 is 0.533 bits per heavy atom. The number of benzene rings is 2. The third-order valence-electron chi connectivity index (χ3n) is 18.6. The summed E-state index contributed by atoms with van der Waals surface area (Å²) in [6, 6.07) is 11.7. The van der Waals surface area contributed by atoms with Crippen LogP contribution < -0.4 is 16.4 Å². The fourth-order valence-corrected chi connectivity index (χ4v) is 13.2. The van der Waals surface area contributed by atoms with Crippen LogP contribution in [0.2, 0.25) is 0 Å². The van der Waals surface area contributed by atoms with Crippen LogP contribution in [-0.2, 0) is 51.6 Å². The molecule has 0 saturated carbocycles. The number of nitro benzene ring substituents is 2. The van der Waals surface area contributed by atoms with Gasteiger partial charge in [0.2, 0.25) is 0 Å². The van der Waals surface area contributed by atoms with Crippen molar-refractivity contribution in [3.63, 3.8) is 0 Å². The predicted octanol–water partition coefficient (Wildman–Crippen LogP) is 12.8. The largest absolute Gasteiger partial charge is 0.394 e. The molecule has 0 bridgehead atoms. The normalized spacial score (nSPS) is 15.1. The first-order chi connectivity index (χ1) is 50.9. The molecule has 6 N–H and O–H groups in total. The molecule has 16 rings (SSSR count). The van der Waals surface area contributed by atoms with Crippen molar-refractivity contribution >= 4 is 79.8 Å². The number of aromatic amines is 1. The summed E-state index contributed by atoms with van der Waals surface area (Å²) in [6.07, 6.45) is 28.4. The average molecular weight is 1480 g/mol. The van der Waals surface area contributed by atoms with E-state index in [9.17, 15) is 20.2 Å². The summed E-state index contributed by atoms with van der Waals surface area (Å²) >= 11 is 0. The molecule has 0 amide bonds. The maximum Gasteiger partial charge on any atom is 0.271 e. The lowest BCUT2D eigenvalue weighted by molar-refractivity contribution is -0.384. The first kappa shape index (κ1) is 78.5. The van der Waals surface area contributed by atoms with Crippen LogP contribution in [-0.4, -0.2) is 146 Å². The second kappa shape index (κ2) is 34.9. The lowest BCUT2D eigenvalue weighted by Gasteiger charge is -2.25. The standard InChI is InChI=1S/2C22H27N9.C10H11N3O2.C10H17N3.C7H5N3O2.C3H8O.ClH/c2*1-5-30-21(15-9-23-14(4)24-10-15)29-19-20(25-11-26-22(19)30)28-16-6-7-17-18(8-16)31(12-27-17)13(2)3;1-7(2)12-6-11-9-4-3-8(13(14)15)5-10(9)12;1-7(2)13-6-12-9-4-3-8(11)5-10(9)13;11-10(12)5-1-2-6-7(3-5)9-4-8-6;1-3(2)4;/h2*9-13,16H,5-8H2,1-4H3,(H,25,26,28);3-7H,1-2H3;6-8H,3-5,11H2,1-2H3;1-4H,(H,8,9);3-4H,1-2H3;1H. The summed E-state index contributed by atoms with van der Waals surface area (Å²) in [6.45, 7) is 30.0. The van der Waals surface area contributed by atoms with Crippen molar-refractivity contribution in [2.75, 3.05) is 10.6 Å². The van der Waals surface area contributed by atoms with Gasteiger partial charge >= 0.3 is 0 Å². The Morgan fingerprint density at radius 2 is 0.935 bits per heavy atom. The number of nitrogens with two attached hydrogens (primary N) is 1. The van der Waals surface area contributed by atoms with E-state index in [1.54, 1.807) is 51.0 Å². The zero-order valence-electron chi connectivity index (χ0n) is 63.1. The van der Waals surface area contributed by atoms with Crippen LogP contribution in [0, 0.1) is 34.1 Å². The molecule has 0 aliphatic heterocycles. The fourth-order valence-electron chi connectivity index (χ4n) is 13.2. The van der Waals surface area contributed by atoms with E-state index in [1.807, 2.05) is 76.0 Å². The maximum atomic E-state index is 10.6.